The normalized spacial score (nSPS) is 10.3. The van der Waals surface area contributed by atoms with Crippen LogP contribution >= 0.6 is 0 Å². The molecule has 4 nitrogen and oxygen atoms in total. The molecular weight excluding hydrogens is 166 g/mol. The molecule has 0 atom stereocenters. The van der Waals surface area contributed by atoms with Crippen molar-refractivity contribution in [3.8, 4) is 5.75 Å². The van der Waals surface area contributed by atoms with Crippen molar-refractivity contribution in [3.05, 3.63) is 12.4 Å². The highest BCUT2D eigenvalue weighted by molar-refractivity contribution is 5.10. The van der Waals surface area contributed by atoms with E-state index in [0.29, 0.717) is 0 Å². The SMILES string of the molecule is CCNCCCOc1cnn(C)c1. The highest BCUT2D eigenvalue weighted by Crippen LogP contribution is 2.06. The van der Waals surface area contributed by atoms with Crippen molar-refractivity contribution in [1.29, 1.82) is 0 Å². The van der Waals surface area contributed by atoms with E-state index in [-0.39, 0.29) is 0 Å². The van der Waals surface area contributed by atoms with Gasteiger partial charge in [0.05, 0.1) is 19.0 Å². The van der Waals surface area contributed by atoms with Crippen LogP contribution in [0.2, 0.25) is 0 Å². The second-order valence-corrected chi connectivity index (χ2v) is 2.91. The Bertz CT molecular complexity index is 235. The zero-order chi connectivity index (χ0) is 9.52. The second kappa shape index (κ2) is 5.59. The van der Waals surface area contributed by atoms with Crippen molar-refractivity contribution < 1.29 is 4.74 Å². The van der Waals surface area contributed by atoms with Gasteiger partial charge in [0.15, 0.2) is 5.75 Å². The summed E-state index contributed by atoms with van der Waals surface area (Å²) in [4.78, 5) is 0. The van der Waals surface area contributed by atoms with Gasteiger partial charge in [-0.1, -0.05) is 6.92 Å². The predicted molar refractivity (Wildman–Crippen MR) is 51.9 cm³/mol. The van der Waals surface area contributed by atoms with Gasteiger partial charge in [-0.15, -0.1) is 0 Å². The van der Waals surface area contributed by atoms with E-state index in [0.717, 1.165) is 31.9 Å². The first kappa shape index (κ1) is 10.1. The summed E-state index contributed by atoms with van der Waals surface area (Å²) < 4.78 is 7.19. The van der Waals surface area contributed by atoms with Gasteiger partial charge in [0.2, 0.25) is 0 Å². The molecular formula is C9H17N3O. The molecule has 0 spiro atoms. The molecule has 0 radical (unpaired) electrons. The summed E-state index contributed by atoms with van der Waals surface area (Å²) in [6.07, 6.45) is 4.63. The van der Waals surface area contributed by atoms with Crippen LogP contribution in [0.4, 0.5) is 0 Å². The molecule has 4 heteroatoms. The third-order valence-corrected chi connectivity index (χ3v) is 1.70. The van der Waals surface area contributed by atoms with E-state index in [9.17, 15) is 0 Å². The molecule has 0 aliphatic rings. The number of rotatable bonds is 6. The van der Waals surface area contributed by atoms with Gasteiger partial charge in [0.1, 0.15) is 0 Å². The van der Waals surface area contributed by atoms with Crippen LogP contribution < -0.4 is 10.1 Å². The molecule has 1 rings (SSSR count). The Hall–Kier alpha value is -1.03. The summed E-state index contributed by atoms with van der Waals surface area (Å²) in [6, 6.07) is 0. The third kappa shape index (κ3) is 3.94. The topological polar surface area (TPSA) is 39.1 Å². The lowest BCUT2D eigenvalue weighted by Gasteiger charge is -2.02. The fourth-order valence-electron chi connectivity index (χ4n) is 1.04. The highest BCUT2D eigenvalue weighted by atomic mass is 16.5. The number of nitrogens with zero attached hydrogens (tertiary/aromatic N) is 2. The summed E-state index contributed by atoms with van der Waals surface area (Å²) in [5, 5.41) is 7.25. The van der Waals surface area contributed by atoms with E-state index < -0.39 is 0 Å². The maximum atomic E-state index is 5.45. The summed E-state index contributed by atoms with van der Waals surface area (Å²) in [5.74, 6) is 0.846. The minimum Gasteiger partial charge on any atom is -0.490 e. The molecule has 0 saturated heterocycles. The number of nitrogens with one attached hydrogen (secondary N) is 1. The molecule has 1 aromatic rings. The molecule has 0 bridgehead atoms. The maximum Gasteiger partial charge on any atom is 0.157 e. The minimum absolute atomic E-state index is 0.749. The fourth-order valence-corrected chi connectivity index (χ4v) is 1.04. The summed E-state index contributed by atoms with van der Waals surface area (Å²) in [7, 11) is 1.88. The van der Waals surface area contributed by atoms with Crippen LogP contribution in [-0.2, 0) is 7.05 Å². The predicted octanol–water partition coefficient (Wildman–Crippen LogP) is 0.798. The molecule has 0 aromatic carbocycles. The van der Waals surface area contributed by atoms with E-state index in [1.807, 2.05) is 13.2 Å². The Kier molecular flexibility index (Phi) is 4.32. The Morgan fingerprint density at radius 2 is 2.46 bits per heavy atom. The highest BCUT2D eigenvalue weighted by Gasteiger charge is 1.95. The molecule has 13 heavy (non-hydrogen) atoms. The first-order valence-corrected chi connectivity index (χ1v) is 4.65. The quantitative estimate of drug-likeness (QED) is 0.663. The van der Waals surface area contributed by atoms with Gasteiger partial charge >= 0.3 is 0 Å². The monoisotopic (exact) mass is 183 g/mol. The molecule has 0 aliphatic heterocycles. The zero-order valence-electron chi connectivity index (χ0n) is 8.29. The van der Waals surface area contributed by atoms with Crippen molar-refractivity contribution in [1.82, 2.24) is 15.1 Å². The smallest absolute Gasteiger partial charge is 0.157 e. The van der Waals surface area contributed by atoms with Crippen LogP contribution in [0.1, 0.15) is 13.3 Å². The first-order chi connectivity index (χ1) is 6.33. The van der Waals surface area contributed by atoms with Crippen LogP contribution in [0.5, 0.6) is 5.75 Å². The molecule has 1 heterocycles. The molecule has 74 valence electrons. The lowest BCUT2D eigenvalue weighted by atomic mass is 10.4. The molecule has 1 N–H and O–H groups in total. The second-order valence-electron chi connectivity index (χ2n) is 2.91. The van der Waals surface area contributed by atoms with E-state index in [2.05, 4.69) is 17.3 Å². The Morgan fingerprint density at radius 3 is 3.08 bits per heavy atom. The number of hydrogen-bond acceptors (Lipinski definition) is 3. The maximum absolute atomic E-state index is 5.45. The summed E-state index contributed by atoms with van der Waals surface area (Å²) in [6.45, 7) is 4.88. The number of aromatic nitrogens is 2. The standard InChI is InChI=1S/C9H17N3O/c1-3-10-5-4-6-13-9-7-11-12(2)8-9/h7-8,10H,3-6H2,1-2H3. The average molecular weight is 183 g/mol. The number of aryl methyl sites for hydroxylation is 1. The third-order valence-electron chi connectivity index (χ3n) is 1.70. The van der Waals surface area contributed by atoms with E-state index in [1.165, 1.54) is 0 Å². The van der Waals surface area contributed by atoms with Gasteiger partial charge in [0, 0.05) is 7.05 Å². The van der Waals surface area contributed by atoms with Crippen LogP contribution in [-0.4, -0.2) is 29.5 Å². The van der Waals surface area contributed by atoms with Gasteiger partial charge in [0.25, 0.3) is 0 Å². The number of hydrogen-bond donors (Lipinski definition) is 1. The lowest BCUT2D eigenvalue weighted by molar-refractivity contribution is 0.308. The first-order valence-electron chi connectivity index (χ1n) is 4.65. The van der Waals surface area contributed by atoms with Crippen LogP contribution in [0, 0.1) is 0 Å². The van der Waals surface area contributed by atoms with Crippen LogP contribution in [0.15, 0.2) is 12.4 Å². The van der Waals surface area contributed by atoms with Gasteiger partial charge in [-0.3, -0.25) is 4.68 Å². The summed E-state index contributed by atoms with van der Waals surface area (Å²) in [5.41, 5.74) is 0. The zero-order valence-corrected chi connectivity index (χ0v) is 8.29. The van der Waals surface area contributed by atoms with Gasteiger partial charge < -0.3 is 10.1 Å². The average Bonchev–Trinajstić information content (AvgIpc) is 2.51. The van der Waals surface area contributed by atoms with E-state index >= 15 is 0 Å². The summed E-state index contributed by atoms with van der Waals surface area (Å²) >= 11 is 0. The van der Waals surface area contributed by atoms with E-state index in [1.54, 1.807) is 10.9 Å². The van der Waals surface area contributed by atoms with Crippen molar-refractivity contribution in [2.24, 2.45) is 7.05 Å². The molecule has 0 amide bonds. The molecule has 0 aliphatic carbocycles. The minimum atomic E-state index is 0.749. The van der Waals surface area contributed by atoms with Gasteiger partial charge in [-0.25, -0.2) is 0 Å². The molecule has 0 unspecified atom stereocenters. The van der Waals surface area contributed by atoms with Crippen LogP contribution in [0.3, 0.4) is 0 Å². The Balaban J connectivity index is 2.06. The largest absolute Gasteiger partial charge is 0.490 e. The van der Waals surface area contributed by atoms with Crippen molar-refractivity contribution in [2.45, 2.75) is 13.3 Å². The fraction of sp³-hybridized carbons (Fsp3) is 0.667. The van der Waals surface area contributed by atoms with Gasteiger partial charge in [-0.05, 0) is 19.5 Å². The number of ether oxygens (including phenoxy) is 1. The molecule has 1 aromatic heterocycles. The van der Waals surface area contributed by atoms with Crippen molar-refractivity contribution in [3.63, 3.8) is 0 Å². The Labute approximate surface area is 78.9 Å². The molecule has 0 fully saturated rings. The lowest BCUT2D eigenvalue weighted by Crippen LogP contribution is -2.16. The van der Waals surface area contributed by atoms with Crippen molar-refractivity contribution >= 4 is 0 Å². The van der Waals surface area contributed by atoms with Gasteiger partial charge in [-0.2, -0.15) is 5.10 Å². The Morgan fingerprint density at radius 1 is 1.62 bits per heavy atom. The van der Waals surface area contributed by atoms with Crippen LogP contribution in [0.25, 0.3) is 0 Å². The molecule has 0 saturated carbocycles. The van der Waals surface area contributed by atoms with E-state index in [4.69, 9.17) is 4.74 Å². The van der Waals surface area contributed by atoms with Crippen molar-refractivity contribution in [2.75, 3.05) is 19.7 Å².